The second-order valence-corrected chi connectivity index (χ2v) is 10.4. The first-order valence-electron chi connectivity index (χ1n) is 9.37. The molecule has 0 aliphatic heterocycles. The Kier molecular flexibility index (Phi) is 6.76. The Morgan fingerprint density at radius 3 is 2.55 bits per heavy atom. The van der Waals surface area contributed by atoms with Crippen molar-refractivity contribution in [2.45, 2.75) is 56.0 Å². The van der Waals surface area contributed by atoms with Crippen molar-refractivity contribution in [2.75, 3.05) is 11.6 Å². The van der Waals surface area contributed by atoms with E-state index in [1.165, 1.54) is 23.1 Å². The van der Waals surface area contributed by atoms with Crippen LogP contribution in [-0.2, 0) is 4.79 Å². The molecule has 2 aromatic heterocycles. The van der Waals surface area contributed by atoms with Crippen LogP contribution in [0.3, 0.4) is 0 Å². The molecule has 2 heterocycles. The molecular weight excluding hydrogens is 422 g/mol. The molecule has 29 heavy (non-hydrogen) atoms. The van der Waals surface area contributed by atoms with Crippen LogP contribution in [0.15, 0.2) is 39.1 Å². The molecule has 1 aromatic carbocycles. The smallest absolute Gasteiger partial charge is 0.263 e. The van der Waals surface area contributed by atoms with Crippen molar-refractivity contribution in [3.8, 4) is 0 Å². The van der Waals surface area contributed by atoms with Crippen LogP contribution < -0.4 is 10.9 Å². The van der Waals surface area contributed by atoms with Crippen molar-refractivity contribution in [3.63, 3.8) is 0 Å². The Morgan fingerprint density at radius 2 is 1.90 bits per heavy atom. The number of anilines is 1. The van der Waals surface area contributed by atoms with Gasteiger partial charge in [-0.25, -0.2) is 4.98 Å². The van der Waals surface area contributed by atoms with Gasteiger partial charge in [0.05, 0.1) is 16.3 Å². The molecule has 1 unspecified atom stereocenters. The maximum Gasteiger partial charge on any atom is 0.263 e. The van der Waals surface area contributed by atoms with Crippen LogP contribution in [0.25, 0.3) is 10.2 Å². The van der Waals surface area contributed by atoms with E-state index in [1.54, 1.807) is 16.3 Å². The highest BCUT2D eigenvalue weighted by atomic mass is 32.2. The average molecular weight is 448 g/mol. The number of fused-ring (bicyclic) bond motifs is 1. The van der Waals surface area contributed by atoms with Gasteiger partial charge < -0.3 is 5.32 Å². The third-order valence-corrected chi connectivity index (χ3v) is 7.70. The highest BCUT2D eigenvalue weighted by Crippen LogP contribution is 2.31. The summed E-state index contributed by atoms with van der Waals surface area (Å²) in [6, 6.07) is 7.68. The minimum absolute atomic E-state index is 0.0327. The quantitative estimate of drug-likeness (QED) is 0.399. The molecule has 0 fully saturated rings. The number of amides is 1. The molecule has 0 aliphatic rings. The Morgan fingerprint density at radius 1 is 1.21 bits per heavy atom. The van der Waals surface area contributed by atoms with Crippen LogP contribution in [0.2, 0.25) is 0 Å². The summed E-state index contributed by atoms with van der Waals surface area (Å²) in [6.45, 7) is 9.74. The number of nitrogens with zero attached hydrogens (tertiary/aromatic N) is 2. The van der Waals surface area contributed by atoms with E-state index in [9.17, 15) is 9.59 Å². The zero-order valence-electron chi connectivity index (χ0n) is 17.4. The highest BCUT2D eigenvalue weighted by molar-refractivity contribution is 8.00. The van der Waals surface area contributed by atoms with Crippen LogP contribution in [-0.4, -0.2) is 27.0 Å². The normalized spacial score (nSPS) is 12.5. The SMILES string of the molecule is CSc1ccccc1NC(=O)C(C)Sc1nc2sc(C)c(C)c2c(=O)n1C(C)C. The van der Waals surface area contributed by atoms with Gasteiger partial charge in [0, 0.05) is 15.8 Å². The number of carbonyl (C=O) groups is 1. The highest BCUT2D eigenvalue weighted by Gasteiger charge is 2.23. The van der Waals surface area contributed by atoms with E-state index in [4.69, 9.17) is 4.98 Å². The van der Waals surface area contributed by atoms with Gasteiger partial charge in [0.15, 0.2) is 5.16 Å². The van der Waals surface area contributed by atoms with Gasteiger partial charge >= 0.3 is 0 Å². The van der Waals surface area contributed by atoms with Crippen molar-refractivity contribution in [1.29, 1.82) is 0 Å². The first-order chi connectivity index (χ1) is 13.7. The van der Waals surface area contributed by atoms with Crippen LogP contribution in [0.1, 0.15) is 37.3 Å². The molecule has 1 N–H and O–H groups in total. The number of aromatic nitrogens is 2. The molecule has 0 bridgehead atoms. The van der Waals surface area contributed by atoms with Gasteiger partial charge in [0.1, 0.15) is 4.83 Å². The molecule has 3 aromatic rings. The number of nitrogens with one attached hydrogen (secondary N) is 1. The van der Waals surface area contributed by atoms with E-state index >= 15 is 0 Å². The van der Waals surface area contributed by atoms with Crippen LogP contribution >= 0.6 is 34.9 Å². The number of benzene rings is 1. The predicted octanol–water partition coefficient (Wildman–Crippen LogP) is 5.50. The zero-order chi connectivity index (χ0) is 21.3. The summed E-state index contributed by atoms with van der Waals surface area (Å²) in [4.78, 5) is 33.6. The molecule has 0 saturated carbocycles. The van der Waals surface area contributed by atoms with E-state index in [-0.39, 0.29) is 17.5 Å². The molecule has 0 spiro atoms. The minimum Gasteiger partial charge on any atom is -0.324 e. The van der Waals surface area contributed by atoms with E-state index in [0.29, 0.717) is 10.5 Å². The van der Waals surface area contributed by atoms with Gasteiger partial charge in [-0.15, -0.1) is 23.1 Å². The zero-order valence-corrected chi connectivity index (χ0v) is 19.8. The Hall–Kier alpha value is -1.77. The summed E-state index contributed by atoms with van der Waals surface area (Å²) in [7, 11) is 0. The molecule has 1 amide bonds. The lowest BCUT2D eigenvalue weighted by atomic mass is 10.2. The van der Waals surface area contributed by atoms with Crippen molar-refractivity contribution >= 4 is 56.7 Å². The Bertz CT molecular complexity index is 1120. The summed E-state index contributed by atoms with van der Waals surface area (Å²) >= 11 is 4.44. The van der Waals surface area contributed by atoms with Crippen molar-refractivity contribution in [1.82, 2.24) is 9.55 Å². The second kappa shape index (κ2) is 8.93. The van der Waals surface area contributed by atoms with Crippen LogP contribution in [0, 0.1) is 13.8 Å². The van der Waals surface area contributed by atoms with E-state index < -0.39 is 5.25 Å². The fourth-order valence-corrected chi connectivity index (χ4v) is 5.68. The maximum atomic E-state index is 13.2. The molecule has 154 valence electrons. The first-order valence-corrected chi connectivity index (χ1v) is 12.3. The number of hydrogen-bond acceptors (Lipinski definition) is 6. The van der Waals surface area contributed by atoms with Gasteiger partial charge in [-0.3, -0.25) is 14.2 Å². The van der Waals surface area contributed by atoms with Crippen LogP contribution in [0.4, 0.5) is 5.69 Å². The van der Waals surface area contributed by atoms with E-state index in [0.717, 1.165) is 25.9 Å². The van der Waals surface area contributed by atoms with E-state index in [2.05, 4.69) is 5.32 Å². The molecule has 0 saturated heterocycles. The summed E-state index contributed by atoms with van der Waals surface area (Å²) < 4.78 is 1.70. The third-order valence-electron chi connectivity index (χ3n) is 4.74. The molecule has 8 heteroatoms. The molecule has 1 atom stereocenters. The summed E-state index contributed by atoms with van der Waals surface area (Å²) in [5.74, 6) is -0.111. The van der Waals surface area contributed by atoms with Gasteiger partial charge in [-0.05, 0) is 58.6 Å². The van der Waals surface area contributed by atoms with E-state index in [1.807, 2.05) is 65.1 Å². The molecule has 3 rings (SSSR count). The fourth-order valence-electron chi connectivity index (χ4n) is 3.02. The summed E-state index contributed by atoms with van der Waals surface area (Å²) in [6.07, 6.45) is 1.98. The van der Waals surface area contributed by atoms with Gasteiger partial charge in [-0.2, -0.15) is 0 Å². The second-order valence-electron chi connectivity index (χ2n) is 7.08. The fraction of sp³-hybridized carbons (Fsp3) is 0.381. The monoisotopic (exact) mass is 447 g/mol. The average Bonchev–Trinajstić information content (AvgIpc) is 2.95. The molecule has 0 radical (unpaired) electrons. The maximum absolute atomic E-state index is 13.2. The van der Waals surface area contributed by atoms with Crippen LogP contribution in [0.5, 0.6) is 0 Å². The molecule has 5 nitrogen and oxygen atoms in total. The number of hydrogen-bond donors (Lipinski definition) is 1. The largest absolute Gasteiger partial charge is 0.324 e. The third kappa shape index (κ3) is 4.39. The van der Waals surface area contributed by atoms with Gasteiger partial charge in [0.25, 0.3) is 5.56 Å². The molecular formula is C21H25N3O2S3. The lowest BCUT2D eigenvalue weighted by Crippen LogP contribution is -2.28. The predicted molar refractivity (Wildman–Crippen MR) is 126 cm³/mol. The standard InChI is InChI=1S/C21H25N3O2S3/c1-11(2)24-20(26)17-12(3)13(4)28-19(17)23-21(24)29-14(5)18(25)22-15-9-7-8-10-16(15)27-6/h7-11,14H,1-6H3,(H,22,25). The lowest BCUT2D eigenvalue weighted by Gasteiger charge is -2.18. The van der Waals surface area contributed by atoms with Crippen molar-refractivity contribution in [3.05, 3.63) is 45.1 Å². The number of rotatable bonds is 6. The summed E-state index contributed by atoms with van der Waals surface area (Å²) in [5, 5.41) is 3.87. The minimum atomic E-state index is -0.401. The van der Waals surface area contributed by atoms with Gasteiger partial charge in [0.2, 0.25) is 5.91 Å². The molecule has 0 aliphatic carbocycles. The van der Waals surface area contributed by atoms with Crippen molar-refractivity contribution < 1.29 is 4.79 Å². The number of thioether (sulfide) groups is 2. The lowest BCUT2D eigenvalue weighted by molar-refractivity contribution is -0.115. The number of thiophene rings is 1. The van der Waals surface area contributed by atoms with Gasteiger partial charge in [-0.1, -0.05) is 23.9 Å². The van der Waals surface area contributed by atoms with Crippen molar-refractivity contribution in [2.24, 2.45) is 0 Å². The Labute approximate surface area is 183 Å². The first kappa shape index (κ1) is 21.9. The summed E-state index contributed by atoms with van der Waals surface area (Å²) in [5.41, 5.74) is 1.76. The Balaban J connectivity index is 1.93. The number of para-hydroxylation sites is 1. The topological polar surface area (TPSA) is 64.0 Å². The number of carbonyl (C=O) groups excluding carboxylic acids is 1. The number of aryl methyl sites for hydroxylation is 2.